The van der Waals surface area contributed by atoms with E-state index in [1.165, 1.54) is 13.8 Å². The third-order valence-corrected chi connectivity index (χ3v) is 13.5. The number of phenolic OH excluding ortho intramolecular Hbond substituents is 1. The van der Waals surface area contributed by atoms with Gasteiger partial charge in [-0.25, -0.2) is 0 Å². The molecule has 0 bridgehead atoms. The van der Waals surface area contributed by atoms with Crippen LogP contribution in [0.2, 0.25) is 0 Å². The van der Waals surface area contributed by atoms with Crippen molar-refractivity contribution < 1.29 is 45.1 Å². The van der Waals surface area contributed by atoms with Gasteiger partial charge in [-0.15, -0.1) is 0 Å². The van der Waals surface area contributed by atoms with Crippen LogP contribution in [0.25, 0.3) is 0 Å². The Balaban J connectivity index is 2.12. The zero-order chi connectivity index (χ0) is 45.7. The maximum Gasteiger partial charge on any atom is 0.255 e. The third kappa shape index (κ3) is 6.25. The second-order valence-corrected chi connectivity index (χ2v) is 17.6. The van der Waals surface area contributed by atoms with Gasteiger partial charge in [0.1, 0.15) is 17.1 Å². The van der Waals surface area contributed by atoms with Crippen LogP contribution < -0.4 is 21.3 Å². The predicted molar refractivity (Wildman–Crippen MR) is 214 cm³/mol. The Kier molecular flexibility index (Phi) is 10.0. The van der Waals surface area contributed by atoms with E-state index < -0.39 is 105 Å². The van der Waals surface area contributed by atoms with Crippen molar-refractivity contribution in [2.24, 2.45) is 28.9 Å². The molecule has 2 amide bonds. The number of ketones is 2. The van der Waals surface area contributed by atoms with Gasteiger partial charge in [-0.05, 0) is 79.3 Å². The van der Waals surface area contributed by atoms with Gasteiger partial charge in [0.2, 0.25) is 11.7 Å². The molecule has 1 aromatic rings. The summed E-state index contributed by atoms with van der Waals surface area (Å²) >= 11 is 0. The normalized spacial score (nSPS) is 26.7. The first-order valence-electron chi connectivity index (χ1n) is 21.1. The number of carbonyl (C=O) groups excluding carboxylic acids is 4. The maximum atomic E-state index is 15.3. The Labute approximate surface area is 332 Å². The number of hydrogen-bond acceptors (Lipinski definition) is 11. The van der Waals surface area contributed by atoms with Crippen LogP contribution >= 0.6 is 0 Å². The van der Waals surface area contributed by atoms with Crippen molar-refractivity contribution in [2.75, 3.05) is 30.3 Å². The SMILES string of the molecule is [2H]C([2H])([2H])N([C@@H]1C(O)=C(C(N)=O)C(=O)[C@@]2(O)C(O)=C3C(=O)c4c(O)c(NC(=O)CNC(C)(C(C)C)C(C)C)c(C)c(N(CC)C(C)C)c4C(C)(C)[C@@]3(C)C[C@@H]12)C([2H])(C)C. The van der Waals surface area contributed by atoms with E-state index >= 15 is 4.79 Å². The second-order valence-electron chi connectivity index (χ2n) is 17.6. The summed E-state index contributed by atoms with van der Waals surface area (Å²) < 4.78 is 34.1. The Morgan fingerprint density at radius 2 is 1.62 bits per heavy atom. The largest absolute Gasteiger partial charge is 0.510 e. The molecule has 0 heterocycles. The van der Waals surface area contributed by atoms with Gasteiger partial charge in [-0.2, -0.15) is 0 Å². The number of allylic oxidation sites excluding steroid dienone is 1. The molecule has 0 fully saturated rings. The number of benzene rings is 1. The minimum Gasteiger partial charge on any atom is -0.510 e. The summed E-state index contributed by atoms with van der Waals surface area (Å²) in [7, 11) is 0. The van der Waals surface area contributed by atoms with Crippen LogP contribution in [0, 0.1) is 30.1 Å². The van der Waals surface area contributed by atoms with E-state index in [0.717, 1.165) is 0 Å². The van der Waals surface area contributed by atoms with Gasteiger partial charge in [-0.1, -0.05) is 48.5 Å². The summed E-state index contributed by atoms with van der Waals surface area (Å²) in [6.07, 6.45) is -0.447. The molecule has 0 saturated carbocycles. The van der Waals surface area contributed by atoms with Crippen LogP contribution in [0.5, 0.6) is 5.75 Å². The second kappa shape index (κ2) is 14.5. The lowest BCUT2D eigenvalue weighted by atomic mass is 9.45. The first kappa shape index (κ1) is 38.0. The molecule has 0 aromatic heterocycles. The molecule has 3 aliphatic rings. The topological polar surface area (TPSA) is 206 Å². The van der Waals surface area contributed by atoms with Crippen molar-refractivity contribution >= 4 is 34.8 Å². The van der Waals surface area contributed by atoms with E-state index in [0.29, 0.717) is 28.3 Å². The van der Waals surface area contributed by atoms with Crippen LogP contribution in [-0.4, -0.2) is 98.0 Å². The Bertz CT molecular complexity index is 2000. The molecule has 13 nitrogen and oxygen atoms in total. The Morgan fingerprint density at radius 3 is 2.07 bits per heavy atom. The number of aliphatic hydroxyl groups excluding tert-OH is 2. The number of fused-ring (bicyclic) bond motifs is 3. The zero-order valence-corrected chi connectivity index (χ0v) is 34.9. The highest BCUT2D eigenvalue weighted by molar-refractivity contribution is 6.25. The van der Waals surface area contributed by atoms with Crippen LogP contribution in [0.15, 0.2) is 22.7 Å². The van der Waals surface area contributed by atoms with Crippen molar-refractivity contribution in [3.05, 3.63) is 39.4 Å². The van der Waals surface area contributed by atoms with Gasteiger partial charge >= 0.3 is 0 Å². The number of likely N-dealkylation sites (N-methyl/N-ethyl adjacent to an activating group) is 1. The van der Waals surface area contributed by atoms with Crippen LogP contribution in [0.1, 0.15) is 123 Å². The highest BCUT2D eigenvalue weighted by atomic mass is 16.3. The number of carbonyl (C=O) groups is 4. The van der Waals surface area contributed by atoms with E-state index in [-0.39, 0.29) is 35.7 Å². The molecule has 0 radical (unpaired) electrons. The summed E-state index contributed by atoms with van der Waals surface area (Å²) in [5, 5.41) is 55.1. The number of hydrogen-bond donors (Lipinski definition) is 7. The van der Waals surface area contributed by atoms with Gasteiger partial charge in [0.25, 0.3) is 5.91 Å². The number of aliphatic hydroxyl groups is 3. The summed E-state index contributed by atoms with van der Waals surface area (Å²) in [6, 6.07) is -4.20. The fraction of sp³-hybridized carbons (Fsp3) is 0.667. The van der Waals surface area contributed by atoms with Crippen molar-refractivity contribution in [3.8, 4) is 5.75 Å². The van der Waals surface area contributed by atoms with Crippen LogP contribution in [-0.2, 0) is 19.8 Å². The number of primary amides is 1. The van der Waals surface area contributed by atoms with E-state index in [9.17, 15) is 34.8 Å². The molecule has 0 aliphatic heterocycles. The molecule has 3 aliphatic carbocycles. The summed E-state index contributed by atoms with van der Waals surface area (Å²) in [6.45, 7) is 22.4. The maximum absolute atomic E-state index is 15.3. The number of nitrogens with one attached hydrogen (secondary N) is 2. The van der Waals surface area contributed by atoms with Gasteiger partial charge in [0.05, 0.1) is 23.8 Å². The third-order valence-electron chi connectivity index (χ3n) is 13.5. The lowest BCUT2D eigenvalue weighted by Gasteiger charge is -2.59. The number of phenols is 1. The van der Waals surface area contributed by atoms with Crippen molar-refractivity contribution in [3.63, 3.8) is 0 Å². The quantitative estimate of drug-likeness (QED) is 0.109. The first-order chi connectivity index (χ1) is 26.6. The van der Waals surface area contributed by atoms with Crippen LogP contribution in [0.3, 0.4) is 0 Å². The van der Waals surface area contributed by atoms with Gasteiger partial charge in [0, 0.05) is 63.2 Å². The molecule has 306 valence electrons. The average molecular weight is 772 g/mol. The molecule has 0 unspecified atom stereocenters. The van der Waals surface area contributed by atoms with Crippen molar-refractivity contribution in [1.29, 1.82) is 0 Å². The lowest BCUT2D eigenvalue weighted by Crippen LogP contribution is -2.67. The van der Waals surface area contributed by atoms with E-state index in [2.05, 4.69) is 10.6 Å². The first-order valence-corrected chi connectivity index (χ1v) is 19.1. The molecule has 13 heteroatoms. The van der Waals surface area contributed by atoms with Gasteiger partial charge in [0.15, 0.2) is 17.1 Å². The number of Topliss-reactive ketones (excluding diaryl/α,β-unsaturated/α-hetero) is 2. The Hall–Kier alpha value is -3.94. The lowest BCUT2D eigenvalue weighted by molar-refractivity contribution is -0.152. The summed E-state index contributed by atoms with van der Waals surface area (Å²) in [5.74, 6) is -8.91. The molecule has 1 aromatic carbocycles. The van der Waals surface area contributed by atoms with Crippen molar-refractivity contribution in [2.45, 2.75) is 138 Å². The number of rotatable bonds is 12. The monoisotopic (exact) mass is 772 g/mol. The number of anilines is 2. The summed E-state index contributed by atoms with van der Waals surface area (Å²) in [4.78, 5) is 58.7. The molecular formula is C42H65N5O8. The molecule has 4 atom stereocenters. The zero-order valence-electron chi connectivity index (χ0n) is 38.9. The Morgan fingerprint density at radius 1 is 1.05 bits per heavy atom. The minimum absolute atomic E-state index is 0.0515. The fourth-order valence-corrected chi connectivity index (χ4v) is 9.22. The number of aromatic hydroxyl groups is 1. The molecule has 0 saturated heterocycles. The van der Waals surface area contributed by atoms with E-state index in [4.69, 9.17) is 11.2 Å². The fourth-order valence-electron chi connectivity index (χ4n) is 9.22. The van der Waals surface area contributed by atoms with Crippen LogP contribution in [0.4, 0.5) is 11.4 Å². The smallest absolute Gasteiger partial charge is 0.255 e. The molecule has 8 N–H and O–H groups in total. The van der Waals surface area contributed by atoms with Gasteiger partial charge < -0.3 is 41.7 Å². The number of nitrogens with zero attached hydrogens (tertiary/aromatic N) is 2. The predicted octanol–water partition coefficient (Wildman–Crippen LogP) is 5.17. The molecular weight excluding hydrogens is 702 g/mol. The highest BCUT2D eigenvalue weighted by Gasteiger charge is 2.69. The van der Waals surface area contributed by atoms with Gasteiger partial charge in [-0.3, -0.25) is 24.1 Å². The molecule has 4 rings (SSSR count). The standard InChI is InChI=1S/C42H65N5O8/c1-16-47(22(8)9)31-23(10)30(45-25(48)18-44-41(14,19(2)3)20(4)5)34(50)26-28(31)39(11,12)40(13)17-24-32(46(15)21(6)7)35(51)27(38(43)54)36(52)42(24,55)37(53)29(40)33(26)49/h19-22,24,32,44,50-51,53,55H,16-18H2,1-15H3,(H2,43,54)(H,45,48)/t24-,32-,40-,42+/m0/s1/i15D3,21D. The molecule has 0 spiro atoms. The molecule has 55 heavy (non-hydrogen) atoms. The van der Waals surface area contributed by atoms with E-state index in [1.807, 2.05) is 60.3 Å². The summed E-state index contributed by atoms with van der Waals surface area (Å²) in [5.41, 5.74) is -1.71. The number of nitrogens with two attached hydrogens (primary N) is 1. The van der Waals surface area contributed by atoms with Crippen molar-refractivity contribution in [1.82, 2.24) is 10.2 Å². The number of amides is 2. The minimum atomic E-state index is -3.20. The highest BCUT2D eigenvalue weighted by Crippen LogP contribution is 2.66. The van der Waals surface area contributed by atoms with E-state index in [1.54, 1.807) is 27.7 Å². The average Bonchev–Trinajstić information content (AvgIpc) is 3.07.